The van der Waals surface area contributed by atoms with Crippen molar-refractivity contribution in [2.24, 2.45) is 40.4 Å². The van der Waals surface area contributed by atoms with Gasteiger partial charge in [0.05, 0.1) is 0 Å². The van der Waals surface area contributed by atoms with Crippen molar-refractivity contribution in [2.45, 2.75) is 65.7 Å². The molecule has 2 nitrogen and oxygen atoms in total. The van der Waals surface area contributed by atoms with Crippen LogP contribution in [0.3, 0.4) is 0 Å². The standard InChI is InChI=1S/C23H32O2/c1-5-14(2)17-6-7-18-16-13-21(25)20-12-15(24)8-10-23(20,4)19(16)9-11-22(17,18)3/h5,12,14,16-19H,1,6-11,13H2,2-4H3/t14-,16?,17-,18?,19?,22?,23?/m1/s1. The van der Waals surface area contributed by atoms with E-state index in [-0.39, 0.29) is 17.0 Å². The molecule has 136 valence electrons. The maximum absolute atomic E-state index is 13.0. The molecule has 2 heteroatoms. The van der Waals surface area contributed by atoms with Crippen LogP contribution in [0.15, 0.2) is 24.3 Å². The number of carbonyl (C=O) groups is 2. The molecule has 0 saturated heterocycles. The molecule has 0 aliphatic heterocycles. The topological polar surface area (TPSA) is 34.1 Å². The number of fused-ring (bicyclic) bond motifs is 5. The van der Waals surface area contributed by atoms with Gasteiger partial charge in [-0.05, 0) is 78.6 Å². The minimum atomic E-state index is -0.0582. The Balaban J connectivity index is 1.70. The first-order chi connectivity index (χ1) is 11.8. The third-order valence-corrected chi connectivity index (χ3v) is 8.87. The summed E-state index contributed by atoms with van der Waals surface area (Å²) in [5.41, 5.74) is 1.16. The van der Waals surface area contributed by atoms with Crippen LogP contribution < -0.4 is 0 Å². The summed E-state index contributed by atoms with van der Waals surface area (Å²) in [6.45, 7) is 11.1. The molecule has 0 aromatic carbocycles. The van der Waals surface area contributed by atoms with Gasteiger partial charge in [0, 0.05) is 18.4 Å². The van der Waals surface area contributed by atoms with E-state index in [9.17, 15) is 9.59 Å². The first-order valence-corrected chi connectivity index (χ1v) is 10.2. The molecule has 5 unspecified atom stereocenters. The van der Waals surface area contributed by atoms with Gasteiger partial charge in [-0.15, -0.1) is 6.58 Å². The van der Waals surface area contributed by atoms with Crippen molar-refractivity contribution in [2.75, 3.05) is 0 Å². The smallest absolute Gasteiger partial charge is 0.159 e. The summed E-state index contributed by atoms with van der Waals surface area (Å²) in [4.78, 5) is 24.9. The van der Waals surface area contributed by atoms with E-state index in [4.69, 9.17) is 0 Å². The molecule has 0 radical (unpaired) electrons. The fourth-order valence-corrected chi connectivity index (χ4v) is 7.46. The maximum Gasteiger partial charge on any atom is 0.159 e. The van der Waals surface area contributed by atoms with Crippen LogP contribution in [0, 0.1) is 40.4 Å². The van der Waals surface area contributed by atoms with Gasteiger partial charge in [-0.1, -0.05) is 26.8 Å². The third-order valence-electron chi connectivity index (χ3n) is 8.87. The van der Waals surface area contributed by atoms with Crippen molar-refractivity contribution in [1.29, 1.82) is 0 Å². The zero-order valence-corrected chi connectivity index (χ0v) is 16.0. The lowest BCUT2D eigenvalue weighted by molar-refractivity contribution is -0.131. The van der Waals surface area contributed by atoms with Gasteiger partial charge in [-0.3, -0.25) is 9.59 Å². The molecule has 4 aliphatic carbocycles. The molecule has 3 fully saturated rings. The summed E-state index contributed by atoms with van der Waals surface area (Å²) in [6.07, 6.45) is 11.0. The lowest BCUT2D eigenvalue weighted by Crippen LogP contribution is -2.53. The zero-order valence-electron chi connectivity index (χ0n) is 16.0. The normalized spacial score (nSPS) is 47.4. The van der Waals surface area contributed by atoms with Gasteiger partial charge < -0.3 is 0 Å². The van der Waals surface area contributed by atoms with Crippen LogP contribution in [0.2, 0.25) is 0 Å². The Kier molecular flexibility index (Phi) is 3.90. The van der Waals surface area contributed by atoms with E-state index >= 15 is 0 Å². The van der Waals surface area contributed by atoms with Crippen LogP contribution in [0.1, 0.15) is 65.7 Å². The number of Topliss-reactive ketones (excluding diaryl/α,β-unsaturated/α-hetero) is 1. The van der Waals surface area contributed by atoms with E-state index < -0.39 is 0 Å². The second kappa shape index (κ2) is 5.66. The summed E-state index contributed by atoms with van der Waals surface area (Å²) in [5, 5.41) is 0. The molecule has 25 heavy (non-hydrogen) atoms. The van der Waals surface area contributed by atoms with Crippen molar-refractivity contribution in [3.63, 3.8) is 0 Å². The van der Waals surface area contributed by atoms with Crippen molar-refractivity contribution in [1.82, 2.24) is 0 Å². The number of ketones is 2. The van der Waals surface area contributed by atoms with Crippen LogP contribution >= 0.6 is 0 Å². The lowest BCUT2D eigenvalue weighted by atomic mass is 9.46. The minimum absolute atomic E-state index is 0.0582. The van der Waals surface area contributed by atoms with Gasteiger partial charge in [0.1, 0.15) is 0 Å². The summed E-state index contributed by atoms with van der Waals surface area (Å²) >= 11 is 0. The van der Waals surface area contributed by atoms with Crippen molar-refractivity contribution < 1.29 is 9.59 Å². The largest absolute Gasteiger partial charge is 0.295 e. The first-order valence-electron chi connectivity index (χ1n) is 10.2. The Morgan fingerprint density at radius 1 is 1.16 bits per heavy atom. The third kappa shape index (κ3) is 2.28. The molecular formula is C23H32O2. The molecule has 3 saturated carbocycles. The zero-order chi connectivity index (χ0) is 18.0. The lowest BCUT2D eigenvalue weighted by Gasteiger charge is -2.57. The molecule has 0 heterocycles. The molecule has 0 spiro atoms. The first kappa shape index (κ1) is 17.2. The number of carbonyl (C=O) groups excluding carboxylic acids is 2. The highest BCUT2D eigenvalue weighted by Gasteiger charge is 2.60. The Labute approximate surface area is 152 Å². The Hall–Kier alpha value is -1.18. The molecule has 7 atom stereocenters. The second-order valence-corrected chi connectivity index (χ2v) is 9.77. The summed E-state index contributed by atoms with van der Waals surface area (Å²) in [6, 6.07) is 0. The average Bonchev–Trinajstić information content (AvgIpc) is 2.93. The summed E-state index contributed by atoms with van der Waals surface area (Å²) in [7, 11) is 0. The van der Waals surface area contributed by atoms with Crippen LogP contribution in [0.5, 0.6) is 0 Å². The quantitative estimate of drug-likeness (QED) is 0.653. The monoisotopic (exact) mass is 340 g/mol. The van der Waals surface area contributed by atoms with E-state index in [1.165, 1.54) is 25.7 Å². The fourth-order valence-electron chi connectivity index (χ4n) is 7.46. The molecule has 0 aromatic heterocycles. The SMILES string of the molecule is C=C[C@@H](C)[C@H]1CCC2C3CC(=O)C4=CC(=O)CCC4(C)C3CCC21C. The Bertz CT molecular complexity index is 659. The van der Waals surface area contributed by atoms with Crippen molar-refractivity contribution in [3.8, 4) is 0 Å². The van der Waals surface area contributed by atoms with Crippen molar-refractivity contribution >= 4 is 11.6 Å². The highest BCUT2D eigenvalue weighted by atomic mass is 16.1. The van der Waals surface area contributed by atoms with E-state index in [0.29, 0.717) is 47.8 Å². The maximum atomic E-state index is 13.0. The van der Waals surface area contributed by atoms with Crippen LogP contribution in [0.25, 0.3) is 0 Å². The predicted octanol–water partition coefficient (Wildman–Crippen LogP) is 5.14. The molecule has 0 N–H and O–H groups in total. The van der Waals surface area contributed by atoms with Crippen LogP contribution in [0.4, 0.5) is 0 Å². The highest BCUT2D eigenvalue weighted by molar-refractivity contribution is 6.05. The molecule has 0 aromatic rings. The molecule has 4 rings (SSSR count). The van der Waals surface area contributed by atoms with Gasteiger partial charge >= 0.3 is 0 Å². The van der Waals surface area contributed by atoms with Crippen LogP contribution in [-0.2, 0) is 9.59 Å². The van der Waals surface area contributed by atoms with Crippen molar-refractivity contribution in [3.05, 3.63) is 24.3 Å². The van der Waals surface area contributed by atoms with Crippen LogP contribution in [-0.4, -0.2) is 11.6 Å². The Morgan fingerprint density at radius 3 is 2.64 bits per heavy atom. The van der Waals surface area contributed by atoms with Gasteiger partial charge in [0.2, 0.25) is 0 Å². The van der Waals surface area contributed by atoms with E-state index in [1.54, 1.807) is 6.08 Å². The van der Waals surface area contributed by atoms with Gasteiger partial charge in [-0.25, -0.2) is 0 Å². The molecule has 0 bridgehead atoms. The molecule has 0 amide bonds. The number of hydrogen-bond donors (Lipinski definition) is 0. The number of hydrogen-bond acceptors (Lipinski definition) is 2. The summed E-state index contributed by atoms with van der Waals surface area (Å²) < 4.78 is 0. The van der Waals surface area contributed by atoms with Gasteiger partial charge in [0.15, 0.2) is 11.6 Å². The molecule has 4 aliphatic rings. The number of allylic oxidation sites excluding steroid dienone is 2. The predicted molar refractivity (Wildman–Crippen MR) is 100.0 cm³/mol. The van der Waals surface area contributed by atoms with E-state index in [0.717, 1.165) is 12.0 Å². The molecular weight excluding hydrogens is 308 g/mol. The highest BCUT2D eigenvalue weighted by Crippen LogP contribution is 2.66. The summed E-state index contributed by atoms with van der Waals surface area (Å²) in [5.74, 6) is 3.46. The van der Waals surface area contributed by atoms with Gasteiger partial charge in [0.25, 0.3) is 0 Å². The van der Waals surface area contributed by atoms with Gasteiger partial charge in [-0.2, -0.15) is 0 Å². The fraction of sp³-hybridized carbons (Fsp3) is 0.739. The average molecular weight is 341 g/mol. The van der Waals surface area contributed by atoms with E-state index in [1.807, 2.05) is 0 Å². The minimum Gasteiger partial charge on any atom is -0.295 e. The second-order valence-electron chi connectivity index (χ2n) is 9.77. The van der Waals surface area contributed by atoms with E-state index in [2.05, 4.69) is 33.4 Å². The Morgan fingerprint density at radius 2 is 1.92 bits per heavy atom. The number of rotatable bonds is 2.